The second-order valence-electron chi connectivity index (χ2n) is 5.92. The van der Waals surface area contributed by atoms with Gasteiger partial charge in [0.25, 0.3) is 0 Å². The van der Waals surface area contributed by atoms with Gasteiger partial charge in [-0.15, -0.1) is 0 Å². The number of hydrogen-bond donors (Lipinski definition) is 1. The van der Waals surface area contributed by atoms with E-state index in [1.165, 1.54) is 6.42 Å². The quantitative estimate of drug-likeness (QED) is 0.799. The molecule has 1 heterocycles. The summed E-state index contributed by atoms with van der Waals surface area (Å²) in [6.45, 7) is 4.90. The molecule has 3 unspecified atom stereocenters. The zero-order valence-electron chi connectivity index (χ0n) is 11.5. The monoisotopic (exact) mass is 274 g/mol. The van der Waals surface area contributed by atoms with Crippen molar-refractivity contribution in [3.05, 3.63) is 0 Å². The predicted molar refractivity (Wildman–Crippen MR) is 73.7 cm³/mol. The molecule has 1 aliphatic carbocycles. The normalized spacial score (nSPS) is 30.2. The average Bonchev–Trinajstić information content (AvgIpc) is 2.91. The van der Waals surface area contributed by atoms with E-state index in [0.717, 1.165) is 32.2 Å². The Kier molecular flexibility index (Phi) is 4.34. The lowest BCUT2D eigenvalue weighted by Gasteiger charge is -2.29. The van der Waals surface area contributed by atoms with Crippen LogP contribution in [0.15, 0.2) is 0 Å². The van der Waals surface area contributed by atoms with E-state index in [0.29, 0.717) is 11.8 Å². The van der Waals surface area contributed by atoms with E-state index >= 15 is 0 Å². The van der Waals surface area contributed by atoms with Gasteiger partial charge in [-0.3, -0.25) is 0 Å². The molecular weight excluding hydrogens is 248 g/mol. The Morgan fingerprint density at radius 3 is 2.39 bits per heavy atom. The highest BCUT2D eigenvalue weighted by Gasteiger charge is 2.44. The van der Waals surface area contributed by atoms with Gasteiger partial charge < -0.3 is 5.73 Å². The standard InChI is InChI=1S/C13H26N2O2S/c1-3-11(4-2)13(14)9-18(16,17)15-8-10-5-6-12(15)7-10/h10-13H,3-9,14H2,1-2H3. The van der Waals surface area contributed by atoms with Crippen molar-refractivity contribution >= 4 is 10.0 Å². The molecule has 2 rings (SSSR count). The summed E-state index contributed by atoms with van der Waals surface area (Å²) in [7, 11) is -3.15. The Morgan fingerprint density at radius 2 is 1.94 bits per heavy atom. The van der Waals surface area contributed by atoms with Crippen molar-refractivity contribution in [1.82, 2.24) is 4.31 Å². The highest BCUT2D eigenvalue weighted by molar-refractivity contribution is 7.89. The molecule has 5 heteroatoms. The van der Waals surface area contributed by atoms with E-state index in [9.17, 15) is 8.42 Å². The molecule has 106 valence electrons. The van der Waals surface area contributed by atoms with Crippen LogP contribution in [0.1, 0.15) is 46.0 Å². The second-order valence-corrected chi connectivity index (χ2v) is 7.89. The van der Waals surface area contributed by atoms with Crippen LogP contribution < -0.4 is 5.73 Å². The van der Waals surface area contributed by atoms with Gasteiger partial charge in [0.15, 0.2) is 0 Å². The SMILES string of the molecule is CCC(CC)C(N)CS(=O)(=O)N1CC2CCC1C2. The maximum atomic E-state index is 12.4. The first-order valence-electron chi connectivity index (χ1n) is 7.23. The van der Waals surface area contributed by atoms with Crippen molar-refractivity contribution in [2.45, 2.75) is 58.0 Å². The van der Waals surface area contributed by atoms with Crippen molar-refractivity contribution in [2.75, 3.05) is 12.3 Å². The molecular formula is C13H26N2O2S. The summed E-state index contributed by atoms with van der Waals surface area (Å²) in [5, 5.41) is 0. The van der Waals surface area contributed by atoms with Crippen LogP contribution in [0, 0.1) is 11.8 Å². The molecule has 0 aromatic rings. The van der Waals surface area contributed by atoms with Gasteiger partial charge in [0.05, 0.1) is 5.75 Å². The van der Waals surface area contributed by atoms with Gasteiger partial charge >= 0.3 is 0 Å². The van der Waals surface area contributed by atoms with E-state index in [2.05, 4.69) is 13.8 Å². The molecule has 3 atom stereocenters. The van der Waals surface area contributed by atoms with E-state index in [1.807, 2.05) is 0 Å². The molecule has 0 aromatic heterocycles. The van der Waals surface area contributed by atoms with Crippen LogP contribution in [-0.2, 0) is 10.0 Å². The summed E-state index contributed by atoms with van der Waals surface area (Å²) in [5.74, 6) is 1.05. The topological polar surface area (TPSA) is 63.4 Å². The van der Waals surface area contributed by atoms with Gasteiger partial charge in [-0.05, 0) is 31.1 Å². The van der Waals surface area contributed by atoms with E-state index in [-0.39, 0.29) is 17.8 Å². The van der Waals surface area contributed by atoms with Gasteiger partial charge in [-0.2, -0.15) is 4.31 Å². The zero-order chi connectivity index (χ0) is 13.3. The summed E-state index contributed by atoms with van der Waals surface area (Å²) in [4.78, 5) is 0. The van der Waals surface area contributed by atoms with Crippen molar-refractivity contribution in [3.63, 3.8) is 0 Å². The largest absolute Gasteiger partial charge is 0.326 e. The maximum absolute atomic E-state index is 12.4. The minimum atomic E-state index is -3.15. The number of fused-ring (bicyclic) bond motifs is 2. The van der Waals surface area contributed by atoms with E-state index in [1.54, 1.807) is 4.31 Å². The van der Waals surface area contributed by atoms with Crippen LogP contribution in [0.5, 0.6) is 0 Å². The maximum Gasteiger partial charge on any atom is 0.215 e. The van der Waals surface area contributed by atoms with E-state index in [4.69, 9.17) is 5.73 Å². The summed E-state index contributed by atoms with van der Waals surface area (Å²) in [5.41, 5.74) is 6.08. The Morgan fingerprint density at radius 1 is 1.28 bits per heavy atom. The summed E-state index contributed by atoms with van der Waals surface area (Å²) in [6, 6.07) is 0.0537. The van der Waals surface area contributed by atoms with Crippen LogP contribution in [-0.4, -0.2) is 37.1 Å². The van der Waals surface area contributed by atoms with Gasteiger partial charge in [0, 0.05) is 18.6 Å². The first kappa shape index (κ1) is 14.3. The first-order chi connectivity index (χ1) is 8.47. The highest BCUT2D eigenvalue weighted by Crippen LogP contribution is 2.39. The molecule has 0 spiro atoms. The van der Waals surface area contributed by atoms with Crippen LogP contribution in [0.3, 0.4) is 0 Å². The molecule has 18 heavy (non-hydrogen) atoms. The summed E-state index contributed by atoms with van der Waals surface area (Å²) in [6.07, 6.45) is 5.23. The highest BCUT2D eigenvalue weighted by atomic mass is 32.2. The molecule has 0 radical (unpaired) electrons. The number of hydrogen-bond acceptors (Lipinski definition) is 3. The lowest BCUT2D eigenvalue weighted by molar-refractivity contribution is 0.327. The zero-order valence-corrected chi connectivity index (χ0v) is 12.3. The molecule has 4 nitrogen and oxygen atoms in total. The number of piperidine rings is 1. The van der Waals surface area contributed by atoms with Crippen LogP contribution >= 0.6 is 0 Å². The minimum Gasteiger partial charge on any atom is -0.326 e. The Hall–Kier alpha value is -0.130. The van der Waals surface area contributed by atoms with Crippen LogP contribution in [0.25, 0.3) is 0 Å². The van der Waals surface area contributed by atoms with Gasteiger partial charge in [-0.25, -0.2) is 8.42 Å². The molecule has 0 amide bonds. The van der Waals surface area contributed by atoms with Gasteiger partial charge in [0.1, 0.15) is 0 Å². The Bertz CT molecular complexity index is 378. The molecule has 2 aliphatic rings. The Labute approximate surface area is 111 Å². The number of nitrogens with two attached hydrogens (primary N) is 1. The van der Waals surface area contributed by atoms with E-state index < -0.39 is 10.0 Å². The third-order valence-corrected chi connectivity index (χ3v) is 6.74. The molecule has 1 saturated heterocycles. The molecule has 2 fully saturated rings. The predicted octanol–water partition coefficient (Wildman–Crippen LogP) is 1.56. The smallest absolute Gasteiger partial charge is 0.215 e. The van der Waals surface area contributed by atoms with Crippen molar-refractivity contribution in [2.24, 2.45) is 17.6 Å². The van der Waals surface area contributed by atoms with Gasteiger partial charge in [-0.1, -0.05) is 26.7 Å². The number of sulfonamides is 1. The molecule has 1 saturated carbocycles. The van der Waals surface area contributed by atoms with Crippen molar-refractivity contribution in [3.8, 4) is 0 Å². The second kappa shape index (κ2) is 5.47. The fourth-order valence-corrected chi connectivity index (χ4v) is 5.62. The van der Waals surface area contributed by atoms with Crippen molar-refractivity contribution in [1.29, 1.82) is 0 Å². The summed E-state index contributed by atoms with van der Waals surface area (Å²) >= 11 is 0. The number of rotatable bonds is 6. The lowest BCUT2D eigenvalue weighted by atomic mass is 9.96. The van der Waals surface area contributed by atoms with Crippen LogP contribution in [0.2, 0.25) is 0 Å². The third-order valence-electron chi connectivity index (χ3n) is 4.77. The Balaban J connectivity index is 1.99. The first-order valence-corrected chi connectivity index (χ1v) is 8.84. The molecule has 2 bridgehead atoms. The third kappa shape index (κ3) is 2.73. The molecule has 1 aliphatic heterocycles. The fourth-order valence-electron chi connectivity index (χ4n) is 3.59. The van der Waals surface area contributed by atoms with Crippen LogP contribution in [0.4, 0.5) is 0 Å². The lowest BCUT2D eigenvalue weighted by Crippen LogP contribution is -2.45. The average molecular weight is 274 g/mol. The van der Waals surface area contributed by atoms with Gasteiger partial charge in [0.2, 0.25) is 10.0 Å². The van der Waals surface area contributed by atoms with Crippen molar-refractivity contribution < 1.29 is 8.42 Å². The summed E-state index contributed by atoms with van der Waals surface area (Å²) < 4.78 is 26.6. The minimum absolute atomic E-state index is 0.128. The molecule has 2 N–H and O–H groups in total. The number of nitrogens with zero attached hydrogens (tertiary/aromatic N) is 1. The fraction of sp³-hybridized carbons (Fsp3) is 1.00. The molecule has 0 aromatic carbocycles.